The van der Waals surface area contributed by atoms with Crippen molar-refractivity contribution in [2.45, 2.75) is 25.9 Å². The van der Waals surface area contributed by atoms with Gasteiger partial charge in [-0.05, 0) is 31.9 Å². The lowest BCUT2D eigenvalue weighted by molar-refractivity contribution is 0.0527. The summed E-state index contributed by atoms with van der Waals surface area (Å²) in [5.41, 5.74) is 0.723. The third-order valence-electron chi connectivity index (χ3n) is 3.72. The van der Waals surface area contributed by atoms with Gasteiger partial charge in [0.2, 0.25) is 5.88 Å². The number of carbonyl (C=O) groups excluding carboxylic acids is 1. The van der Waals surface area contributed by atoms with Crippen LogP contribution >= 0.6 is 0 Å². The Kier molecular flexibility index (Phi) is 4.32. The van der Waals surface area contributed by atoms with Crippen LogP contribution in [0.5, 0.6) is 5.88 Å². The van der Waals surface area contributed by atoms with Crippen LogP contribution in [0.4, 0.5) is 0 Å². The van der Waals surface area contributed by atoms with Crippen LogP contribution in [0, 0.1) is 6.92 Å². The van der Waals surface area contributed by atoms with Crippen LogP contribution in [-0.2, 0) is 0 Å². The molecule has 0 bridgehead atoms. The SMILES string of the molecule is Cc1nccc(OC2CCCN(C(=O)c3ccccc3)C2)n1. The molecule has 5 heteroatoms. The van der Waals surface area contributed by atoms with Crippen LogP contribution in [0.25, 0.3) is 0 Å². The standard InChI is InChI=1S/C17H19N3O2/c1-13-18-10-9-16(19-13)22-15-8-5-11-20(12-15)17(21)14-6-3-2-4-7-14/h2-4,6-7,9-10,15H,5,8,11-12H2,1H3. The minimum Gasteiger partial charge on any atom is -0.472 e. The Morgan fingerprint density at radius 2 is 2.09 bits per heavy atom. The number of hydrogen-bond donors (Lipinski definition) is 0. The molecular weight excluding hydrogens is 278 g/mol. The zero-order chi connectivity index (χ0) is 15.4. The van der Waals surface area contributed by atoms with E-state index in [9.17, 15) is 4.79 Å². The summed E-state index contributed by atoms with van der Waals surface area (Å²) in [5, 5.41) is 0. The van der Waals surface area contributed by atoms with Crippen molar-refractivity contribution in [3.05, 3.63) is 54.0 Å². The number of ether oxygens (including phenoxy) is 1. The number of aromatic nitrogens is 2. The number of aryl methyl sites for hydroxylation is 1. The second-order valence-electron chi connectivity index (χ2n) is 5.44. The Hall–Kier alpha value is -2.43. The molecule has 2 aromatic rings. The molecule has 1 unspecified atom stereocenters. The molecular formula is C17H19N3O2. The Morgan fingerprint density at radius 1 is 1.27 bits per heavy atom. The molecule has 1 saturated heterocycles. The van der Waals surface area contributed by atoms with Crippen LogP contribution < -0.4 is 4.74 Å². The van der Waals surface area contributed by atoms with Crippen molar-refractivity contribution in [3.8, 4) is 5.88 Å². The summed E-state index contributed by atoms with van der Waals surface area (Å²) in [6, 6.07) is 11.1. The van der Waals surface area contributed by atoms with Crippen molar-refractivity contribution < 1.29 is 9.53 Å². The lowest BCUT2D eigenvalue weighted by atomic mass is 10.1. The average Bonchev–Trinajstić information content (AvgIpc) is 2.55. The molecule has 3 rings (SSSR count). The molecule has 1 amide bonds. The Balaban J connectivity index is 1.65. The average molecular weight is 297 g/mol. The predicted molar refractivity (Wildman–Crippen MR) is 82.8 cm³/mol. The largest absolute Gasteiger partial charge is 0.472 e. The van der Waals surface area contributed by atoms with E-state index < -0.39 is 0 Å². The van der Waals surface area contributed by atoms with Crippen molar-refractivity contribution in [2.24, 2.45) is 0 Å². The van der Waals surface area contributed by atoms with Crippen LogP contribution in [0.2, 0.25) is 0 Å². The summed E-state index contributed by atoms with van der Waals surface area (Å²) in [5.74, 6) is 1.32. The van der Waals surface area contributed by atoms with Crippen LogP contribution in [0.15, 0.2) is 42.6 Å². The predicted octanol–water partition coefficient (Wildman–Crippen LogP) is 2.47. The van der Waals surface area contributed by atoms with Gasteiger partial charge in [0.15, 0.2) is 0 Å². The highest BCUT2D eigenvalue weighted by Crippen LogP contribution is 2.18. The second kappa shape index (κ2) is 6.56. The molecule has 1 aromatic heterocycles. The van der Waals surface area contributed by atoms with E-state index in [1.165, 1.54) is 0 Å². The first-order valence-electron chi connectivity index (χ1n) is 7.53. The lowest BCUT2D eigenvalue weighted by Gasteiger charge is -2.32. The Morgan fingerprint density at radius 3 is 2.86 bits per heavy atom. The van der Waals surface area contributed by atoms with E-state index in [1.54, 1.807) is 12.3 Å². The minimum absolute atomic E-state index is 0.0179. The molecule has 1 aromatic carbocycles. The molecule has 114 valence electrons. The summed E-state index contributed by atoms with van der Waals surface area (Å²) in [6.07, 6.45) is 3.54. The van der Waals surface area contributed by atoms with E-state index in [1.807, 2.05) is 42.2 Å². The van der Waals surface area contributed by atoms with Gasteiger partial charge in [-0.2, -0.15) is 4.98 Å². The van der Waals surface area contributed by atoms with Gasteiger partial charge in [0.05, 0.1) is 6.54 Å². The van der Waals surface area contributed by atoms with Crippen molar-refractivity contribution >= 4 is 5.91 Å². The number of amides is 1. The minimum atomic E-state index is -0.0179. The number of hydrogen-bond acceptors (Lipinski definition) is 4. The number of carbonyl (C=O) groups is 1. The number of benzene rings is 1. The fourth-order valence-electron chi connectivity index (χ4n) is 2.65. The number of likely N-dealkylation sites (tertiary alicyclic amines) is 1. The van der Waals surface area contributed by atoms with E-state index in [0.717, 1.165) is 24.9 Å². The quantitative estimate of drug-likeness (QED) is 0.873. The fraction of sp³-hybridized carbons (Fsp3) is 0.353. The van der Waals surface area contributed by atoms with E-state index in [0.29, 0.717) is 18.2 Å². The maximum Gasteiger partial charge on any atom is 0.253 e. The van der Waals surface area contributed by atoms with E-state index >= 15 is 0 Å². The van der Waals surface area contributed by atoms with Crippen LogP contribution in [0.3, 0.4) is 0 Å². The normalized spacial score (nSPS) is 18.0. The molecule has 0 radical (unpaired) electrons. The molecule has 1 aliphatic rings. The Labute approximate surface area is 130 Å². The topological polar surface area (TPSA) is 55.3 Å². The Bertz CT molecular complexity index is 645. The van der Waals surface area contributed by atoms with Gasteiger partial charge in [0.1, 0.15) is 11.9 Å². The zero-order valence-electron chi connectivity index (χ0n) is 12.6. The summed E-state index contributed by atoms with van der Waals surface area (Å²) in [6.45, 7) is 3.20. The highest BCUT2D eigenvalue weighted by atomic mass is 16.5. The van der Waals surface area contributed by atoms with Crippen molar-refractivity contribution in [1.82, 2.24) is 14.9 Å². The smallest absolute Gasteiger partial charge is 0.253 e. The van der Waals surface area contributed by atoms with Gasteiger partial charge in [-0.15, -0.1) is 0 Å². The molecule has 5 nitrogen and oxygen atoms in total. The van der Waals surface area contributed by atoms with Crippen molar-refractivity contribution in [3.63, 3.8) is 0 Å². The first-order chi connectivity index (χ1) is 10.7. The van der Waals surface area contributed by atoms with Gasteiger partial charge in [-0.25, -0.2) is 4.98 Å². The number of rotatable bonds is 3. The van der Waals surface area contributed by atoms with Crippen molar-refractivity contribution in [2.75, 3.05) is 13.1 Å². The monoisotopic (exact) mass is 297 g/mol. The summed E-state index contributed by atoms with van der Waals surface area (Å²) in [4.78, 5) is 22.7. The van der Waals surface area contributed by atoms with Gasteiger partial charge in [-0.1, -0.05) is 18.2 Å². The molecule has 22 heavy (non-hydrogen) atoms. The molecule has 0 N–H and O–H groups in total. The van der Waals surface area contributed by atoms with Gasteiger partial charge >= 0.3 is 0 Å². The highest BCUT2D eigenvalue weighted by molar-refractivity contribution is 5.94. The van der Waals surface area contributed by atoms with Gasteiger partial charge in [0, 0.05) is 24.4 Å². The van der Waals surface area contributed by atoms with Crippen LogP contribution in [-0.4, -0.2) is 40.0 Å². The maximum absolute atomic E-state index is 12.5. The third kappa shape index (κ3) is 3.42. The molecule has 0 saturated carbocycles. The summed E-state index contributed by atoms with van der Waals surface area (Å²) in [7, 11) is 0. The maximum atomic E-state index is 12.5. The van der Waals surface area contributed by atoms with Gasteiger partial charge < -0.3 is 9.64 Å². The molecule has 2 heterocycles. The molecule has 0 spiro atoms. The second-order valence-corrected chi connectivity index (χ2v) is 5.44. The van der Waals surface area contributed by atoms with Crippen molar-refractivity contribution in [1.29, 1.82) is 0 Å². The first-order valence-corrected chi connectivity index (χ1v) is 7.53. The van der Waals surface area contributed by atoms with Crippen LogP contribution in [0.1, 0.15) is 29.0 Å². The molecule has 1 aliphatic heterocycles. The van der Waals surface area contributed by atoms with E-state index in [4.69, 9.17) is 4.74 Å². The number of piperidine rings is 1. The summed E-state index contributed by atoms with van der Waals surface area (Å²) < 4.78 is 5.91. The first kappa shape index (κ1) is 14.5. The zero-order valence-corrected chi connectivity index (χ0v) is 12.6. The third-order valence-corrected chi connectivity index (χ3v) is 3.72. The van der Waals surface area contributed by atoms with E-state index in [-0.39, 0.29) is 12.0 Å². The van der Waals surface area contributed by atoms with Gasteiger partial charge in [0.25, 0.3) is 5.91 Å². The highest BCUT2D eigenvalue weighted by Gasteiger charge is 2.25. The lowest BCUT2D eigenvalue weighted by Crippen LogP contribution is -2.44. The number of nitrogens with zero attached hydrogens (tertiary/aromatic N) is 3. The molecule has 1 fully saturated rings. The molecule has 1 atom stereocenters. The molecule has 0 aliphatic carbocycles. The van der Waals surface area contributed by atoms with Gasteiger partial charge in [-0.3, -0.25) is 4.79 Å². The fourth-order valence-corrected chi connectivity index (χ4v) is 2.65. The van der Waals surface area contributed by atoms with E-state index in [2.05, 4.69) is 9.97 Å². The summed E-state index contributed by atoms with van der Waals surface area (Å²) >= 11 is 0.